The Balaban J connectivity index is 2.67. The van der Waals surface area contributed by atoms with Crippen LogP contribution in [0.4, 0.5) is 0 Å². The maximum atomic E-state index is 10.8. The third-order valence-corrected chi connectivity index (χ3v) is 3.53. The Bertz CT molecular complexity index is 326. The van der Waals surface area contributed by atoms with Gasteiger partial charge < -0.3 is 4.74 Å². The van der Waals surface area contributed by atoms with E-state index in [1.807, 2.05) is 13.0 Å². The zero-order valence-corrected chi connectivity index (χ0v) is 11.5. The number of carbonyl (C=O) groups is 1. The summed E-state index contributed by atoms with van der Waals surface area (Å²) in [7, 11) is 0. The van der Waals surface area contributed by atoms with Gasteiger partial charge in [0.15, 0.2) is 0 Å². The molecule has 0 bridgehead atoms. The number of hydrogen-bond donors (Lipinski definition) is 0. The van der Waals surface area contributed by atoms with Crippen molar-refractivity contribution in [1.29, 1.82) is 0 Å². The molecule has 2 nitrogen and oxygen atoms in total. The SMILES string of the molecule is C=C1CCCC(C)(C)[C@H]1/C=C/[C@@H](C)OC(C)=O. The van der Waals surface area contributed by atoms with Crippen LogP contribution in [-0.2, 0) is 9.53 Å². The van der Waals surface area contributed by atoms with E-state index in [1.165, 1.54) is 25.3 Å². The normalized spacial score (nSPS) is 25.9. The molecule has 0 spiro atoms. The highest BCUT2D eigenvalue weighted by molar-refractivity contribution is 5.66. The summed E-state index contributed by atoms with van der Waals surface area (Å²) in [6.07, 6.45) is 7.55. The Hall–Kier alpha value is -1.05. The molecule has 1 rings (SSSR count). The van der Waals surface area contributed by atoms with Crippen molar-refractivity contribution in [2.75, 3.05) is 0 Å². The van der Waals surface area contributed by atoms with Gasteiger partial charge in [0.25, 0.3) is 0 Å². The van der Waals surface area contributed by atoms with Crippen LogP contribution in [0.15, 0.2) is 24.3 Å². The molecule has 0 aromatic rings. The minimum absolute atomic E-state index is 0.155. The molecule has 0 N–H and O–H groups in total. The average molecular weight is 236 g/mol. The molecule has 1 fully saturated rings. The standard InChI is InChI=1S/C15H24O2/c1-11-7-6-10-15(4,5)14(11)9-8-12(2)17-13(3)16/h8-9,12,14H,1,6-7,10H2,2-5H3/b9-8+/t12-,14+/m1/s1. The molecule has 0 aliphatic heterocycles. The third kappa shape index (κ3) is 4.03. The first-order valence-electron chi connectivity index (χ1n) is 6.36. The van der Waals surface area contributed by atoms with Crippen LogP contribution in [0.3, 0.4) is 0 Å². The van der Waals surface area contributed by atoms with Gasteiger partial charge in [0, 0.05) is 12.8 Å². The van der Waals surface area contributed by atoms with E-state index in [4.69, 9.17) is 4.74 Å². The second kappa shape index (κ2) is 5.52. The summed E-state index contributed by atoms with van der Waals surface area (Å²) in [6.45, 7) is 12.1. The number of esters is 1. The van der Waals surface area contributed by atoms with E-state index in [0.29, 0.717) is 5.92 Å². The molecule has 17 heavy (non-hydrogen) atoms. The van der Waals surface area contributed by atoms with Crippen LogP contribution in [-0.4, -0.2) is 12.1 Å². The lowest BCUT2D eigenvalue weighted by Crippen LogP contribution is -2.28. The van der Waals surface area contributed by atoms with Gasteiger partial charge in [0.1, 0.15) is 6.10 Å². The van der Waals surface area contributed by atoms with Crippen LogP contribution >= 0.6 is 0 Å². The smallest absolute Gasteiger partial charge is 0.303 e. The lowest BCUT2D eigenvalue weighted by Gasteiger charge is -2.38. The van der Waals surface area contributed by atoms with Crippen molar-refractivity contribution in [2.24, 2.45) is 11.3 Å². The van der Waals surface area contributed by atoms with Gasteiger partial charge in [-0.25, -0.2) is 0 Å². The number of hydrogen-bond acceptors (Lipinski definition) is 2. The summed E-state index contributed by atoms with van der Waals surface area (Å²) in [5.74, 6) is 0.165. The Morgan fingerprint density at radius 1 is 1.59 bits per heavy atom. The lowest BCUT2D eigenvalue weighted by atomic mass is 9.66. The van der Waals surface area contributed by atoms with Crippen LogP contribution in [0.2, 0.25) is 0 Å². The van der Waals surface area contributed by atoms with Crippen LogP contribution in [0.5, 0.6) is 0 Å². The van der Waals surface area contributed by atoms with Crippen molar-refractivity contribution >= 4 is 5.97 Å². The van der Waals surface area contributed by atoms with Gasteiger partial charge in [-0.2, -0.15) is 0 Å². The summed E-state index contributed by atoms with van der Waals surface area (Å²) in [5.41, 5.74) is 1.56. The van der Waals surface area contributed by atoms with Gasteiger partial charge in [-0.3, -0.25) is 4.79 Å². The zero-order valence-electron chi connectivity index (χ0n) is 11.5. The quantitative estimate of drug-likeness (QED) is 0.549. The van der Waals surface area contributed by atoms with Crippen LogP contribution in [0.25, 0.3) is 0 Å². The fraction of sp³-hybridized carbons (Fsp3) is 0.667. The van der Waals surface area contributed by atoms with E-state index in [1.54, 1.807) is 0 Å². The second-order valence-electron chi connectivity index (χ2n) is 5.68. The molecule has 1 aliphatic rings. The van der Waals surface area contributed by atoms with E-state index in [0.717, 1.165) is 6.42 Å². The van der Waals surface area contributed by atoms with Gasteiger partial charge in [-0.15, -0.1) is 0 Å². The maximum absolute atomic E-state index is 10.8. The number of allylic oxidation sites excluding steroid dienone is 2. The minimum Gasteiger partial charge on any atom is -0.459 e. The summed E-state index contributed by atoms with van der Waals surface area (Å²) in [5, 5.41) is 0. The molecule has 0 unspecified atom stereocenters. The van der Waals surface area contributed by atoms with Crippen molar-refractivity contribution in [3.8, 4) is 0 Å². The Morgan fingerprint density at radius 3 is 2.76 bits per heavy atom. The molecule has 0 radical (unpaired) electrons. The summed E-state index contributed by atoms with van der Waals surface area (Å²) in [6, 6.07) is 0. The fourth-order valence-corrected chi connectivity index (χ4v) is 2.60. The first-order valence-corrected chi connectivity index (χ1v) is 6.36. The molecular weight excluding hydrogens is 212 g/mol. The highest BCUT2D eigenvalue weighted by atomic mass is 16.5. The minimum atomic E-state index is -0.233. The Morgan fingerprint density at radius 2 is 2.24 bits per heavy atom. The number of carbonyl (C=O) groups excluding carboxylic acids is 1. The maximum Gasteiger partial charge on any atom is 0.303 e. The van der Waals surface area contributed by atoms with E-state index in [9.17, 15) is 4.79 Å². The molecule has 2 atom stereocenters. The molecule has 0 saturated heterocycles. The lowest BCUT2D eigenvalue weighted by molar-refractivity contribution is -0.143. The molecule has 1 aliphatic carbocycles. The van der Waals surface area contributed by atoms with Crippen LogP contribution < -0.4 is 0 Å². The van der Waals surface area contributed by atoms with Gasteiger partial charge in [0.05, 0.1) is 0 Å². The fourth-order valence-electron chi connectivity index (χ4n) is 2.60. The monoisotopic (exact) mass is 236 g/mol. The number of rotatable bonds is 3. The van der Waals surface area contributed by atoms with E-state index in [2.05, 4.69) is 26.5 Å². The molecule has 0 heterocycles. The third-order valence-electron chi connectivity index (χ3n) is 3.53. The number of ether oxygens (including phenoxy) is 1. The zero-order chi connectivity index (χ0) is 13.1. The molecule has 0 aromatic carbocycles. The first-order chi connectivity index (χ1) is 7.83. The van der Waals surface area contributed by atoms with Gasteiger partial charge in [0.2, 0.25) is 0 Å². The van der Waals surface area contributed by atoms with Crippen molar-refractivity contribution in [1.82, 2.24) is 0 Å². The van der Waals surface area contributed by atoms with Crippen molar-refractivity contribution in [3.63, 3.8) is 0 Å². The van der Waals surface area contributed by atoms with Gasteiger partial charge in [-0.1, -0.05) is 32.1 Å². The predicted octanol–water partition coefficient (Wildman–Crippen LogP) is 3.88. The molecule has 1 saturated carbocycles. The Labute approximate surface area is 105 Å². The predicted molar refractivity (Wildman–Crippen MR) is 70.6 cm³/mol. The van der Waals surface area contributed by atoms with E-state index in [-0.39, 0.29) is 17.5 Å². The molecule has 0 aromatic heterocycles. The molecule has 0 amide bonds. The van der Waals surface area contributed by atoms with E-state index >= 15 is 0 Å². The molecule has 96 valence electrons. The van der Waals surface area contributed by atoms with E-state index < -0.39 is 0 Å². The first kappa shape index (κ1) is 14.0. The van der Waals surface area contributed by atoms with Crippen molar-refractivity contribution in [2.45, 2.75) is 53.1 Å². The summed E-state index contributed by atoms with van der Waals surface area (Å²) >= 11 is 0. The molecular formula is C15H24O2. The second-order valence-corrected chi connectivity index (χ2v) is 5.68. The van der Waals surface area contributed by atoms with Crippen molar-refractivity contribution in [3.05, 3.63) is 24.3 Å². The highest BCUT2D eigenvalue weighted by Gasteiger charge is 2.32. The van der Waals surface area contributed by atoms with Gasteiger partial charge >= 0.3 is 5.97 Å². The average Bonchev–Trinajstić information content (AvgIpc) is 2.14. The summed E-state index contributed by atoms with van der Waals surface area (Å²) < 4.78 is 5.09. The Kier molecular flexibility index (Phi) is 4.55. The van der Waals surface area contributed by atoms with Crippen molar-refractivity contribution < 1.29 is 9.53 Å². The topological polar surface area (TPSA) is 26.3 Å². The summed E-state index contributed by atoms with van der Waals surface area (Å²) in [4.78, 5) is 10.8. The molecule has 2 heteroatoms. The largest absolute Gasteiger partial charge is 0.459 e. The van der Waals surface area contributed by atoms with Crippen LogP contribution in [0.1, 0.15) is 47.0 Å². The van der Waals surface area contributed by atoms with Gasteiger partial charge in [-0.05, 0) is 37.7 Å². The highest BCUT2D eigenvalue weighted by Crippen LogP contribution is 2.43. The van der Waals surface area contributed by atoms with Crippen LogP contribution in [0, 0.1) is 11.3 Å².